The predicted octanol–water partition coefficient (Wildman–Crippen LogP) is 3.39. The first-order valence-corrected chi connectivity index (χ1v) is 12.0. The van der Waals surface area contributed by atoms with Crippen LogP contribution < -0.4 is 9.47 Å². The van der Waals surface area contributed by atoms with Gasteiger partial charge in [-0.3, -0.25) is 4.79 Å². The number of nitrogens with zero attached hydrogens (tertiary/aromatic N) is 2. The number of piperazine rings is 1. The molecule has 0 bridgehead atoms. The fourth-order valence-corrected chi connectivity index (χ4v) is 5.29. The van der Waals surface area contributed by atoms with E-state index >= 15 is 0 Å². The molecule has 1 aliphatic rings. The van der Waals surface area contributed by atoms with Gasteiger partial charge in [0.25, 0.3) is 5.91 Å². The van der Waals surface area contributed by atoms with Gasteiger partial charge in [-0.15, -0.1) is 0 Å². The first-order valence-electron chi connectivity index (χ1n) is 9.81. The molecule has 1 fully saturated rings. The highest BCUT2D eigenvalue weighted by atomic mass is 79.9. The zero-order valence-corrected chi connectivity index (χ0v) is 19.4. The molecule has 2 aromatic carbocycles. The van der Waals surface area contributed by atoms with Crippen molar-refractivity contribution in [1.29, 1.82) is 0 Å². The van der Waals surface area contributed by atoms with Crippen molar-refractivity contribution >= 4 is 31.9 Å². The average molecular weight is 497 g/mol. The van der Waals surface area contributed by atoms with Gasteiger partial charge in [-0.2, -0.15) is 4.31 Å². The van der Waals surface area contributed by atoms with E-state index in [0.717, 1.165) is 0 Å². The number of ether oxygens (including phenoxy) is 2. The Kier molecular flexibility index (Phi) is 7.38. The lowest BCUT2D eigenvalue weighted by molar-refractivity contribution is 0.0697. The molecular weight excluding hydrogens is 472 g/mol. The van der Waals surface area contributed by atoms with Crippen LogP contribution in [0.1, 0.15) is 24.2 Å². The summed E-state index contributed by atoms with van der Waals surface area (Å²) in [5.41, 5.74) is 0.491. The summed E-state index contributed by atoms with van der Waals surface area (Å²) in [6.07, 6.45) is 0. The maximum Gasteiger partial charge on any atom is 0.254 e. The summed E-state index contributed by atoms with van der Waals surface area (Å²) in [5.74, 6) is 0.973. The number of carbonyl (C=O) groups is 1. The van der Waals surface area contributed by atoms with Gasteiger partial charge in [0.15, 0.2) is 11.5 Å². The van der Waals surface area contributed by atoms with Crippen LogP contribution in [-0.4, -0.2) is 62.9 Å². The second-order valence-corrected chi connectivity index (χ2v) is 9.53. The van der Waals surface area contributed by atoms with Gasteiger partial charge in [0.1, 0.15) is 0 Å². The third kappa shape index (κ3) is 4.96. The number of rotatable bonds is 7. The Morgan fingerprint density at radius 1 is 0.967 bits per heavy atom. The second kappa shape index (κ2) is 9.80. The van der Waals surface area contributed by atoms with E-state index in [-0.39, 0.29) is 23.9 Å². The van der Waals surface area contributed by atoms with Gasteiger partial charge in [-0.1, -0.05) is 22.0 Å². The molecule has 30 heavy (non-hydrogen) atoms. The van der Waals surface area contributed by atoms with Crippen molar-refractivity contribution in [2.75, 3.05) is 39.4 Å². The normalized spacial score (nSPS) is 15.1. The third-order valence-electron chi connectivity index (χ3n) is 4.75. The summed E-state index contributed by atoms with van der Waals surface area (Å²) in [4.78, 5) is 14.9. The monoisotopic (exact) mass is 496 g/mol. The van der Waals surface area contributed by atoms with Crippen LogP contribution in [0.3, 0.4) is 0 Å². The number of hydrogen-bond donors (Lipinski definition) is 0. The minimum Gasteiger partial charge on any atom is -0.490 e. The van der Waals surface area contributed by atoms with Crippen molar-refractivity contribution in [3.8, 4) is 11.5 Å². The average Bonchev–Trinajstić information content (AvgIpc) is 2.75. The Morgan fingerprint density at radius 3 is 2.27 bits per heavy atom. The molecule has 0 aliphatic carbocycles. The number of amides is 1. The molecule has 0 unspecified atom stereocenters. The highest BCUT2D eigenvalue weighted by Crippen LogP contribution is 2.29. The number of sulfonamides is 1. The zero-order valence-electron chi connectivity index (χ0n) is 17.0. The standard InChI is InChI=1S/C21H25BrN2O5S/c1-3-28-19-9-8-16(14-20(19)29-4-2)21(25)23-10-12-24(13-11-23)30(26,27)18-7-5-6-17(22)15-18/h5-9,14-15H,3-4,10-13H2,1-2H3. The van der Waals surface area contributed by atoms with Gasteiger partial charge in [0.05, 0.1) is 18.1 Å². The fraction of sp³-hybridized carbons (Fsp3) is 0.381. The highest BCUT2D eigenvalue weighted by Gasteiger charge is 2.30. The summed E-state index contributed by atoms with van der Waals surface area (Å²) in [7, 11) is -3.60. The van der Waals surface area contributed by atoms with Crippen LogP contribution >= 0.6 is 15.9 Å². The largest absolute Gasteiger partial charge is 0.490 e. The number of hydrogen-bond acceptors (Lipinski definition) is 5. The molecular formula is C21H25BrN2O5S. The van der Waals surface area contributed by atoms with E-state index in [1.54, 1.807) is 47.4 Å². The molecule has 0 radical (unpaired) electrons. The molecule has 0 spiro atoms. The van der Waals surface area contributed by atoms with Crippen molar-refractivity contribution in [3.05, 3.63) is 52.5 Å². The lowest BCUT2D eigenvalue weighted by Crippen LogP contribution is -2.50. The predicted molar refractivity (Wildman–Crippen MR) is 118 cm³/mol. The van der Waals surface area contributed by atoms with Crippen LogP contribution in [0.15, 0.2) is 51.8 Å². The van der Waals surface area contributed by atoms with Crippen molar-refractivity contribution < 1.29 is 22.7 Å². The quantitative estimate of drug-likeness (QED) is 0.586. The van der Waals surface area contributed by atoms with Crippen LogP contribution in [0.2, 0.25) is 0 Å². The Bertz CT molecular complexity index is 1000. The van der Waals surface area contributed by atoms with E-state index in [4.69, 9.17) is 9.47 Å². The summed E-state index contributed by atoms with van der Waals surface area (Å²) in [6.45, 7) is 5.86. The van der Waals surface area contributed by atoms with Crippen molar-refractivity contribution in [2.24, 2.45) is 0 Å². The third-order valence-corrected chi connectivity index (χ3v) is 7.14. The van der Waals surface area contributed by atoms with E-state index in [1.165, 1.54) is 4.31 Å². The molecule has 1 saturated heterocycles. The molecule has 2 aromatic rings. The number of benzene rings is 2. The van der Waals surface area contributed by atoms with Gasteiger partial charge in [0, 0.05) is 36.2 Å². The van der Waals surface area contributed by atoms with Crippen LogP contribution in [0.4, 0.5) is 0 Å². The number of halogens is 1. The minimum absolute atomic E-state index is 0.154. The topological polar surface area (TPSA) is 76.2 Å². The van der Waals surface area contributed by atoms with Crippen molar-refractivity contribution in [1.82, 2.24) is 9.21 Å². The Balaban J connectivity index is 1.70. The molecule has 0 N–H and O–H groups in total. The first-order chi connectivity index (χ1) is 14.4. The molecule has 9 heteroatoms. The van der Waals surface area contributed by atoms with E-state index in [1.807, 2.05) is 13.8 Å². The summed E-state index contributed by atoms with van der Waals surface area (Å²) in [5, 5.41) is 0. The summed E-state index contributed by atoms with van der Waals surface area (Å²) in [6, 6.07) is 11.8. The van der Waals surface area contributed by atoms with E-state index in [9.17, 15) is 13.2 Å². The first kappa shape index (κ1) is 22.6. The van der Waals surface area contributed by atoms with Crippen LogP contribution in [0, 0.1) is 0 Å². The molecule has 162 valence electrons. The number of carbonyl (C=O) groups excluding carboxylic acids is 1. The van der Waals surface area contributed by atoms with Gasteiger partial charge >= 0.3 is 0 Å². The van der Waals surface area contributed by atoms with Crippen molar-refractivity contribution in [3.63, 3.8) is 0 Å². The molecule has 0 atom stereocenters. The van der Waals surface area contributed by atoms with Gasteiger partial charge in [0.2, 0.25) is 10.0 Å². The molecule has 1 aliphatic heterocycles. The smallest absolute Gasteiger partial charge is 0.254 e. The molecule has 0 aromatic heterocycles. The van der Waals surface area contributed by atoms with E-state index < -0.39 is 10.0 Å². The lowest BCUT2D eigenvalue weighted by atomic mass is 10.1. The Labute approximate surface area is 185 Å². The van der Waals surface area contributed by atoms with Crippen LogP contribution in [0.25, 0.3) is 0 Å². The highest BCUT2D eigenvalue weighted by molar-refractivity contribution is 9.10. The van der Waals surface area contributed by atoms with Crippen LogP contribution in [0.5, 0.6) is 11.5 Å². The molecule has 1 amide bonds. The van der Waals surface area contributed by atoms with Gasteiger partial charge in [-0.25, -0.2) is 8.42 Å². The molecule has 1 heterocycles. The van der Waals surface area contributed by atoms with Gasteiger partial charge in [-0.05, 0) is 50.2 Å². The Hall–Kier alpha value is -2.10. The molecule has 3 rings (SSSR count). The molecule has 0 saturated carbocycles. The SMILES string of the molecule is CCOc1ccc(C(=O)N2CCN(S(=O)(=O)c3cccc(Br)c3)CC2)cc1OCC. The Morgan fingerprint density at radius 2 is 1.63 bits per heavy atom. The summed E-state index contributed by atoms with van der Waals surface area (Å²) < 4.78 is 39.0. The maximum absolute atomic E-state index is 13.0. The fourth-order valence-electron chi connectivity index (χ4n) is 3.27. The summed E-state index contributed by atoms with van der Waals surface area (Å²) >= 11 is 3.31. The zero-order chi connectivity index (χ0) is 21.7. The van der Waals surface area contributed by atoms with E-state index in [2.05, 4.69) is 15.9 Å². The molecule has 7 nitrogen and oxygen atoms in total. The van der Waals surface area contributed by atoms with Gasteiger partial charge < -0.3 is 14.4 Å². The minimum atomic E-state index is -3.60. The van der Waals surface area contributed by atoms with Crippen molar-refractivity contribution in [2.45, 2.75) is 18.7 Å². The second-order valence-electron chi connectivity index (χ2n) is 6.68. The lowest BCUT2D eigenvalue weighted by Gasteiger charge is -2.34. The maximum atomic E-state index is 13.0. The van der Waals surface area contributed by atoms with Crippen LogP contribution in [-0.2, 0) is 10.0 Å². The van der Waals surface area contributed by atoms with E-state index in [0.29, 0.717) is 47.8 Å².